The first-order chi connectivity index (χ1) is 6.74. The number of hydrogen-bond acceptors (Lipinski definition) is 3. The second kappa shape index (κ2) is 9.57. The van der Waals surface area contributed by atoms with E-state index in [1.54, 1.807) is 0 Å². The quantitative estimate of drug-likeness (QED) is 0.389. The van der Waals surface area contributed by atoms with Crippen LogP contribution in [0.4, 0.5) is 0 Å². The minimum atomic E-state index is -0.671. The molecule has 0 bridgehead atoms. The molecule has 5 heteroatoms. The Hall–Kier alpha value is 0.0200. The van der Waals surface area contributed by atoms with Crippen LogP contribution in [0.1, 0.15) is 0 Å². The molecule has 0 saturated carbocycles. The van der Waals surface area contributed by atoms with E-state index in [1.165, 1.54) is 0 Å². The fourth-order valence-electron chi connectivity index (χ4n) is 0.678. The summed E-state index contributed by atoms with van der Waals surface area (Å²) in [6.45, 7) is 0.706. The molecule has 0 aromatic rings. The maximum atomic E-state index is 9.10. The summed E-state index contributed by atoms with van der Waals surface area (Å²) in [6, 6.07) is 0. The molecule has 82 valence electrons. The maximum absolute atomic E-state index is 9.10. The first-order valence-corrected chi connectivity index (χ1v) is 5.24. The van der Waals surface area contributed by atoms with E-state index in [0.29, 0.717) is 12.5 Å². The van der Waals surface area contributed by atoms with Crippen molar-refractivity contribution in [3.63, 3.8) is 0 Å². The minimum absolute atomic E-state index is 0.139. The smallest absolute Gasteiger partial charge is 0.107 e. The molecule has 0 radical (unpaired) electrons. The zero-order valence-corrected chi connectivity index (χ0v) is 9.30. The van der Waals surface area contributed by atoms with E-state index in [-0.39, 0.29) is 25.2 Å². The maximum Gasteiger partial charge on any atom is 0.107 e. The zero-order chi connectivity index (χ0) is 10.8. The Balaban J connectivity index is 3.53. The summed E-state index contributed by atoms with van der Waals surface area (Å²) in [5.41, 5.74) is 0. The number of halogens is 2. The van der Waals surface area contributed by atoms with Crippen molar-refractivity contribution in [2.45, 2.75) is 12.2 Å². The predicted octanol–water partition coefficient (Wildman–Crippen LogP) is 0.860. The molecule has 14 heavy (non-hydrogen) atoms. The first kappa shape index (κ1) is 14.0. The van der Waals surface area contributed by atoms with Crippen LogP contribution in [0.25, 0.3) is 0 Å². The molecular formula is C9H14Cl2O3. The second-order valence-electron chi connectivity index (χ2n) is 2.64. The molecule has 0 aliphatic carbocycles. The van der Waals surface area contributed by atoms with Gasteiger partial charge in [0.1, 0.15) is 6.61 Å². The molecule has 0 spiro atoms. The molecule has 0 aromatic carbocycles. The van der Waals surface area contributed by atoms with Gasteiger partial charge in [-0.2, -0.15) is 0 Å². The number of alkyl halides is 2. The molecule has 0 saturated heterocycles. The number of hydrogen-bond donors (Lipinski definition) is 1. The summed E-state index contributed by atoms with van der Waals surface area (Å²) in [7, 11) is 0. The molecule has 2 unspecified atom stereocenters. The van der Waals surface area contributed by atoms with Gasteiger partial charge in [0, 0.05) is 0 Å². The Bertz CT molecular complexity index is 170. The largest absolute Gasteiger partial charge is 0.389 e. The van der Waals surface area contributed by atoms with Crippen LogP contribution in [0.2, 0.25) is 0 Å². The third-order valence-corrected chi connectivity index (χ3v) is 2.06. The molecule has 0 amide bonds. The van der Waals surface area contributed by atoms with Gasteiger partial charge in [-0.3, -0.25) is 0 Å². The topological polar surface area (TPSA) is 38.7 Å². The molecule has 1 N–H and O–H groups in total. The summed E-state index contributed by atoms with van der Waals surface area (Å²) in [4.78, 5) is 0. The molecule has 0 fully saturated rings. The Morgan fingerprint density at radius 2 is 2.00 bits per heavy atom. The number of terminal acetylenes is 1. The van der Waals surface area contributed by atoms with Crippen molar-refractivity contribution in [1.29, 1.82) is 0 Å². The van der Waals surface area contributed by atoms with Gasteiger partial charge in [-0.25, -0.2) is 0 Å². The van der Waals surface area contributed by atoms with Gasteiger partial charge in [0.15, 0.2) is 0 Å². The number of rotatable bonds is 8. The van der Waals surface area contributed by atoms with Crippen LogP contribution in [-0.4, -0.2) is 48.9 Å². The van der Waals surface area contributed by atoms with Crippen LogP contribution in [0, 0.1) is 12.3 Å². The fraction of sp³-hybridized carbons (Fsp3) is 0.778. The minimum Gasteiger partial charge on any atom is -0.389 e. The molecule has 0 aliphatic rings. The SMILES string of the molecule is C#CCOCC(CCl)OCC(O)CCl. The summed E-state index contributed by atoms with van der Waals surface area (Å²) < 4.78 is 10.3. The molecule has 0 rings (SSSR count). The van der Waals surface area contributed by atoms with Crippen molar-refractivity contribution in [3.8, 4) is 12.3 Å². The Kier molecular flexibility index (Phi) is 9.58. The van der Waals surface area contributed by atoms with Crippen LogP contribution >= 0.6 is 23.2 Å². The van der Waals surface area contributed by atoms with E-state index in [4.69, 9.17) is 44.2 Å². The van der Waals surface area contributed by atoms with Gasteiger partial charge in [0.2, 0.25) is 0 Å². The lowest BCUT2D eigenvalue weighted by Crippen LogP contribution is -2.27. The van der Waals surface area contributed by atoms with Gasteiger partial charge in [0.05, 0.1) is 37.2 Å². The van der Waals surface area contributed by atoms with E-state index >= 15 is 0 Å². The summed E-state index contributed by atoms with van der Waals surface area (Å²) in [5.74, 6) is 2.76. The Morgan fingerprint density at radius 1 is 1.29 bits per heavy atom. The van der Waals surface area contributed by atoms with Crippen molar-refractivity contribution in [1.82, 2.24) is 0 Å². The van der Waals surface area contributed by atoms with E-state index < -0.39 is 6.10 Å². The van der Waals surface area contributed by atoms with Gasteiger partial charge < -0.3 is 14.6 Å². The van der Waals surface area contributed by atoms with Gasteiger partial charge in [-0.1, -0.05) is 5.92 Å². The monoisotopic (exact) mass is 240 g/mol. The van der Waals surface area contributed by atoms with Gasteiger partial charge in [-0.05, 0) is 0 Å². The summed E-state index contributed by atoms with van der Waals surface area (Å²) in [5, 5.41) is 9.10. The van der Waals surface area contributed by atoms with Crippen LogP contribution < -0.4 is 0 Å². The lowest BCUT2D eigenvalue weighted by atomic mass is 10.4. The second-order valence-corrected chi connectivity index (χ2v) is 3.25. The lowest BCUT2D eigenvalue weighted by Gasteiger charge is -2.16. The predicted molar refractivity (Wildman–Crippen MR) is 56.8 cm³/mol. The fourth-order valence-corrected chi connectivity index (χ4v) is 0.945. The number of aliphatic hydroxyl groups excluding tert-OH is 1. The van der Waals surface area contributed by atoms with Crippen molar-refractivity contribution in [2.24, 2.45) is 0 Å². The van der Waals surface area contributed by atoms with E-state index in [1.807, 2.05) is 0 Å². The van der Waals surface area contributed by atoms with Crippen molar-refractivity contribution in [2.75, 3.05) is 31.6 Å². The molecule has 0 aromatic heterocycles. The highest BCUT2D eigenvalue weighted by Crippen LogP contribution is 1.99. The van der Waals surface area contributed by atoms with Gasteiger partial charge in [0.25, 0.3) is 0 Å². The van der Waals surface area contributed by atoms with Gasteiger partial charge in [-0.15, -0.1) is 29.6 Å². The van der Waals surface area contributed by atoms with E-state index in [9.17, 15) is 0 Å². The van der Waals surface area contributed by atoms with Crippen molar-refractivity contribution < 1.29 is 14.6 Å². The number of ether oxygens (including phenoxy) is 2. The van der Waals surface area contributed by atoms with Crippen LogP contribution in [-0.2, 0) is 9.47 Å². The van der Waals surface area contributed by atoms with Crippen LogP contribution in [0.3, 0.4) is 0 Å². The normalized spacial score (nSPS) is 14.7. The third-order valence-electron chi connectivity index (χ3n) is 1.36. The van der Waals surface area contributed by atoms with Crippen molar-refractivity contribution in [3.05, 3.63) is 0 Å². The summed E-state index contributed by atoms with van der Waals surface area (Å²) >= 11 is 11.0. The molecule has 0 aliphatic heterocycles. The van der Waals surface area contributed by atoms with Crippen LogP contribution in [0.5, 0.6) is 0 Å². The molecule has 2 atom stereocenters. The third kappa shape index (κ3) is 7.43. The first-order valence-electron chi connectivity index (χ1n) is 4.17. The molecule has 0 heterocycles. The standard InChI is InChI=1S/C9H14Cl2O3/c1-2-3-13-7-9(5-11)14-6-8(12)4-10/h1,8-9,12H,3-7H2. The molecular weight excluding hydrogens is 227 g/mol. The number of aliphatic hydroxyl groups is 1. The van der Waals surface area contributed by atoms with Crippen molar-refractivity contribution >= 4 is 23.2 Å². The average Bonchev–Trinajstić information content (AvgIpc) is 2.22. The highest BCUT2D eigenvalue weighted by Gasteiger charge is 2.10. The molecule has 3 nitrogen and oxygen atoms in total. The highest BCUT2D eigenvalue weighted by atomic mass is 35.5. The van der Waals surface area contributed by atoms with Crippen LogP contribution in [0.15, 0.2) is 0 Å². The lowest BCUT2D eigenvalue weighted by molar-refractivity contribution is -0.0289. The highest BCUT2D eigenvalue weighted by molar-refractivity contribution is 6.18. The Labute approximate surface area is 94.3 Å². The average molecular weight is 241 g/mol. The summed E-state index contributed by atoms with van der Waals surface area (Å²) in [6.07, 6.45) is 4.06. The van der Waals surface area contributed by atoms with E-state index in [2.05, 4.69) is 5.92 Å². The van der Waals surface area contributed by atoms with Gasteiger partial charge >= 0.3 is 0 Å². The zero-order valence-electron chi connectivity index (χ0n) is 7.79. The van der Waals surface area contributed by atoms with E-state index in [0.717, 1.165) is 0 Å². The Morgan fingerprint density at radius 3 is 2.50 bits per heavy atom.